The predicted molar refractivity (Wildman–Crippen MR) is 137 cm³/mol. The number of sulfone groups is 2. The zero-order valence-electron chi connectivity index (χ0n) is 20.2. The summed E-state index contributed by atoms with van der Waals surface area (Å²) in [6.07, 6.45) is 2.10. The van der Waals surface area contributed by atoms with Crippen LogP contribution in [0.2, 0.25) is 0 Å². The predicted octanol–water partition coefficient (Wildman–Crippen LogP) is 3.10. The Bertz CT molecular complexity index is 1740. The van der Waals surface area contributed by atoms with Gasteiger partial charge >= 0.3 is 0 Å². The lowest BCUT2D eigenvalue weighted by Gasteiger charge is -2.12. The van der Waals surface area contributed by atoms with Crippen LogP contribution in [-0.4, -0.2) is 57.9 Å². The van der Waals surface area contributed by atoms with Gasteiger partial charge in [0.2, 0.25) is 0 Å². The molecule has 0 bridgehead atoms. The SMILES string of the molecule is CC(=O)C1=NN(c2ccc(S(C)(=O)=O)cc2)C(=O)C1/N=N/c1ccc2c(O)c(C)c(S(C)(=O)=O)cc2c1. The number of benzene rings is 3. The third kappa shape index (κ3) is 5.00. The van der Waals surface area contributed by atoms with Crippen LogP contribution in [-0.2, 0) is 29.3 Å². The molecule has 4 rings (SSSR count). The van der Waals surface area contributed by atoms with Crippen molar-refractivity contribution in [3.63, 3.8) is 0 Å². The number of phenolic OH excluding ortho intramolecular Hbond substituents is 1. The Balaban J connectivity index is 1.69. The maximum atomic E-state index is 13.1. The molecule has 1 aliphatic heterocycles. The molecule has 11 nitrogen and oxygen atoms in total. The Morgan fingerprint density at radius 1 is 1.00 bits per heavy atom. The highest BCUT2D eigenvalue weighted by Crippen LogP contribution is 2.35. The molecular formula is C24H22N4O7S2. The minimum Gasteiger partial charge on any atom is -0.507 e. The molecule has 13 heteroatoms. The Morgan fingerprint density at radius 3 is 2.22 bits per heavy atom. The molecule has 1 N–H and O–H groups in total. The van der Waals surface area contributed by atoms with Crippen LogP contribution < -0.4 is 5.01 Å². The van der Waals surface area contributed by atoms with Crippen molar-refractivity contribution in [2.24, 2.45) is 15.3 Å². The van der Waals surface area contributed by atoms with E-state index in [1.54, 1.807) is 6.07 Å². The second-order valence-corrected chi connectivity index (χ2v) is 12.6. The van der Waals surface area contributed by atoms with Crippen molar-refractivity contribution in [3.05, 3.63) is 54.1 Å². The van der Waals surface area contributed by atoms with Gasteiger partial charge in [-0.3, -0.25) is 9.59 Å². The highest BCUT2D eigenvalue weighted by molar-refractivity contribution is 7.91. The maximum Gasteiger partial charge on any atom is 0.280 e. The lowest BCUT2D eigenvalue weighted by molar-refractivity contribution is -0.118. The standard InChI is InChI=1S/C24H22N4O7S2/c1-13-20(37(4,34)35)12-15-11-16(5-10-19(15)23(13)30)25-26-22-21(14(2)29)27-28(24(22)31)17-6-8-18(9-7-17)36(3,32)33/h5-12,22,30H,1-4H3/b26-25+. The smallest absolute Gasteiger partial charge is 0.280 e. The molecule has 192 valence electrons. The van der Waals surface area contributed by atoms with Crippen LogP contribution in [0.3, 0.4) is 0 Å². The van der Waals surface area contributed by atoms with Crippen LogP contribution in [0.5, 0.6) is 5.75 Å². The van der Waals surface area contributed by atoms with E-state index in [9.17, 15) is 31.5 Å². The van der Waals surface area contributed by atoms with Crippen LogP contribution in [0.15, 0.2) is 73.7 Å². The first-order valence-electron chi connectivity index (χ1n) is 10.8. The van der Waals surface area contributed by atoms with Crippen molar-refractivity contribution >= 4 is 59.2 Å². The number of hydrogen-bond acceptors (Lipinski definition) is 10. The number of phenols is 1. The van der Waals surface area contributed by atoms with Crippen molar-refractivity contribution < 1.29 is 31.5 Å². The van der Waals surface area contributed by atoms with Crippen LogP contribution in [0.25, 0.3) is 10.8 Å². The third-order valence-corrected chi connectivity index (χ3v) is 8.12. The van der Waals surface area contributed by atoms with Gasteiger partial charge in [0.15, 0.2) is 31.5 Å². The molecule has 3 aromatic rings. The van der Waals surface area contributed by atoms with Gasteiger partial charge in [-0.1, -0.05) is 0 Å². The molecule has 1 amide bonds. The van der Waals surface area contributed by atoms with Crippen molar-refractivity contribution in [1.29, 1.82) is 0 Å². The van der Waals surface area contributed by atoms with E-state index in [1.165, 1.54) is 56.3 Å². The Hall–Kier alpha value is -3.97. The number of amides is 1. The summed E-state index contributed by atoms with van der Waals surface area (Å²) in [6, 6.07) is 10.1. The third-order valence-electron chi connectivity index (χ3n) is 5.77. The highest BCUT2D eigenvalue weighted by atomic mass is 32.2. The first kappa shape index (κ1) is 26.1. The molecule has 1 unspecified atom stereocenters. The first-order valence-corrected chi connectivity index (χ1v) is 14.6. The number of carbonyl (C=O) groups excluding carboxylic acids is 2. The van der Waals surface area contributed by atoms with Crippen molar-refractivity contribution in [1.82, 2.24) is 0 Å². The summed E-state index contributed by atoms with van der Waals surface area (Å²) < 4.78 is 47.6. The number of azo groups is 1. The number of hydrogen-bond donors (Lipinski definition) is 1. The number of rotatable bonds is 6. The van der Waals surface area contributed by atoms with E-state index < -0.39 is 37.4 Å². The number of hydrazone groups is 1. The van der Waals surface area contributed by atoms with Gasteiger partial charge < -0.3 is 5.11 Å². The number of ketones is 1. The number of fused-ring (bicyclic) bond motifs is 1. The largest absolute Gasteiger partial charge is 0.507 e. The number of nitrogens with zero attached hydrogens (tertiary/aromatic N) is 4. The fourth-order valence-electron chi connectivity index (χ4n) is 3.86. The van der Waals surface area contributed by atoms with E-state index in [0.717, 1.165) is 17.5 Å². The van der Waals surface area contributed by atoms with Gasteiger partial charge in [-0.05, 0) is 60.8 Å². The zero-order valence-corrected chi connectivity index (χ0v) is 21.8. The average molecular weight is 543 g/mol. The molecule has 0 saturated heterocycles. The molecule has 0 aliphatic carbocycles. The van der Waals surface area contributed by atoms with Crippen LogP contribution in [0.1, 0.15) is 12.5 Å². The summed E-state index contributed by atoms with van der Waals surface area (Å²) >= 11 is 0. The second-order valence-electron chi connectivity index (χ2n) is 8.60. The molecule has 37 heavy (non-hydrogen) atoms. The van der Waals surface area contributed by atoms with Crippen molar-refractivity contribution in [3.8, 4) is 5.75 Å². The number of Topliss-reactive ketones (excluding diaryl/α,β-unsaturated/α-hetero) is 1. The Morgan fingerprint density at radius 2 is 1.65 bits per heavy atom. The van der Waals surface area contributed by atoms with Gasteiger partial charge in [-0.25, -0.2) is 16.8 Å². The van der Waals surface area contributed by atoms with E-state index in [2.05, 4.69) is 15.3 Å². The molecule has 3 aromatic carbocycles. The molecular weight excluding hydrogens is 520 g/mol. The first-order chi connectivity index (χ1) is 17.2. The zero-order chi connectivity index (χ0) is 27.3. The van der Waals surface area contributed by atoms with Gasteiger partial charge in [0.1, 0.15) is 11.5 Å². The van der Waals surface area contributed by atoms with Gasteiger partial charge in [-0.2, -0.15) is 20.3 Å². The molecule has 0 aromatic heterocycles. The topological polar surface area (TPSA) is 163 Å². The van der Waals surface area contributed by atoms with E-state index in [0.29, 0.717) is 10.8 Å². The van der Waals surface area contributed by atoms with Gasteiger partial charge in [0.05, 0.1) is 21.2 Å². The Labute approximate surface area is 213 Å². The number of anilines is 1. The van der Waals surface area contributed by atoms with E-state index in [1.807, 2.05) is 0 Å². The quantitative estimate of drug-likeness (QED) is 0.468. The maximum absolute atomic E-state index is 13.1. The van der Waals surface area contributed by atoms with E-state index >= 15 is 0 Å². The Kier molecular flexibility index (Phi) is 6.46. The fraction of sp³-hybridized carbons (Fsp3) is 0.208. The van der Waals surface area contributed by atoms with Crippen LogP contribution in [0.4, 0.5) is 11.4 Å². The van der Waals surface area contributed by atoms with E-state index in [4.69, 9.17) is 0 Å². The second kappa shape index (κ2) is 9.16. The molecule has 1 heterocycles. The minimum absolute atomic E-state index is 0.0268. The van der Waals surface area contributed by atoms with Crippen molar-refractivity contribution in [2.75, 3.05) is 17.5 Å². The minimum atomic E-state index is -3.60. The summed E-state index contributed by atoms with van der Waals surface area (Å²) in [5, 5.41) is 24.4. The van der Waals surface area contributed by atoms with Gasteiger partial charge in [-0.15, -0.1) is 0 Å². The van der Waals surface area contributed by atoms with Gasteiger partial charge in [0.25, 0.3) is 5.91 Å². The lowest BCUT2D eigenvalue weighted by atomic mass is 10.1. The summed E-state index contributed by atoms with van der Waals surface area (Å²) in [7, 11) is -7.04. The molecule has 0 radical (unpaired) electrons. The van der Waals surface area contributed by atoms with E-state index in [-0.39, 0.29) is 38.2 Å². The summed E-state index contributed by atoms with van der Waals surface area (Å²) in [4.78, 5) is 25.3. The molecule has 0 fully saturated rings. The average Bonchev–Trinajstić information content (AvgIpc) is 3.15. The molecule has 1 aliphatic rings. The summed E-state index contributed by atoms with van der Waals surface area (Å²) in [5.74, 6) is -1.32. The van der Waals surface area contributed by atoms with Crippen LogP contribution >= 0.6 is 0 Å². The monoisotopic (exact) mass is 542 g/mol. The number of aromatic hydroxyl groups is 1. The summed E-state index contributed by atoms with van der Waals surface area (Å²) in [6.45, 7) is 2.74. The number of carbonyl (C=O) groups is 2. The lowest BCUT2D eigenvalue weighted by Crippen LogP contribution is -2.32. The summed E-state index contributed by atoms with van der Waals surface area (Å²) in [5.41, 5.74) is 0.586. The fourth-order valence-corrected chi connectivity index (χ4v) is 5.48. The van der Waals surface area contributed by atoms with Crippen LogP contribution in [0, 0.1) is 6.92 Å². The molecule has 1 atom stereocenters. The normalized spacial score (nSPS) is 16.5. The molecule has 0 saturated carbocycles. The van der Waals surface area contributed by atoms with Gasteiger partial charge in [0, 0.05) is 30.4 Å². The molecule has 0 spiro atoms. The van der Waals surface area contributed by atoms with Crippen molar-refractivity contribution in [2.45, 2.75) is 29.7 Å². The highest BCUT2D eigenvalue weighted by Gasteiger charge is 2.39.